The number of benzene rings is 1. The molecule has 1 aromatic carbocycles. The number of nitrogens with zero attached hydrogens (tertiary/aromatic N) is 1. The van der Waals surface area contributed by atoms with Gasteiger partial charge in [-0.3, -0.25) is 9.59 Å². The first kappa shape index (κ1) is 15.0. The summed E-state index contributed by atoms with van der Waals surface area (Å²) in [5.74, 6) is -0.215. The molecule has 0 bridgehead atoms. The second kappa shape index (κ2) is 7.43. The first-order valence-corrected chi connectivity index (χ1v) is 7.78. The zero-order chi connectivity index (χ0) is 14.4. The van der Waals surface area contributed by atoms with E-state index in [0.29, 0.717) is 5.56 Å². The summed E-state index contributed by atoms with van der Waals surface area (Å²) in [5.41, 5.74) is 0.552. The van der Waals surface area contributed by atoms with Crippen molar-refractivity contribution < 1.29 is 9.59 Å². The van der Waals surface area contributed by atoms with Crippen molar-refractivity contribution >= 4 is 27.7 Å². The van der Waals surface area contributed by atoms with Gasteiger partial charge in [0.05, 0.1) is 12.1 Å². The molecule has 0 radical (unpaired) electrons. The fourth-order valence-corrected chi connectivity index (χ4v) is 2.79. The van der Waals surface area contributed by atoms with Crippen molar-refractivity contribution in [2.45, 2.75) is 25.7 Å². The van der Waals surface area contributed by atoms with Crippen LogP contribution in [0, 0.1) is 0 Å². The van der Waals surface area contributed by atoms with Crippen LogP contribution < -0.4 is 5.32 Å². The van der Waals surface area contributed by atoms with Gasteiger partial charge in [0, 0.05) is 17.6 Å². The highest BCUT2D eigenvalue weighted by Gasteiger charge is 2.17. The summed E-state index contributed by atoms with van der Waals surface area (Å²) in [6.45, 7) is 1.69. The van der Waals surface area contributed by atoms with Gasteiger partial charge in [-0.15, -0.1) is 0 Å². The second-order valence-corrected chi connectivity index (χ2v) is 5.81. The maximum absolute atomic E-state index is 12.1. The summed E-state index contributed by atoms with van der Waals surface area (Å²) in [5, 5.41) is 2.70. The Morgan fingerprint density at radius 1 is 1.10 bits per heavy atom. The third-order valence-electron chi connectivity index (χ3n) is 3.48. The van der Waals surface area contributed by atoms with Gasteiger partial charge in [-0.25, -0.2) is 0 Å². The van der Waals surface area contributed by atoms with Crippen LogP contribution in [0.3, 0.4) is 0 Å². The number of hydrogen-bond donors (Lipinski definition) is 1. The van der Waals surface area contributed by atoms with Crippen LogP contribution in [-0.2, 0) is 4.79 Å². The molecule has 5 heteroatoms. The van der Waals surface area contributed by atoms with Gasteiger partial charge in [0.15, 0.2) is 0 Å². The Balaban J connectivity index is 1.86. The standard InChI is InChI=1S/C15H19BrN2O2/c16-13-8-4-3-7-12(13)15(20)17-11-14(19)18-9-5-1-2-6-10-18/h3-4,7-8H,1-2,5-6,9-11H2,(H,17,20). The van der Waals surface area contributed by atoms with Gasteiger partial charge in [-0.05, 0) is 40.9 Å². The normalized spacial score (nSPS) is 15.6. The number of carbonyl (C=O) groups excluding carboxylic acids is 2. The van der Waals surface area contributed by atoms with E-state index in [1.165, 1.54) is 12.8 Å². The van der Waals surface area contributed by atoms with Crippen molar-refractivity contribution in [3.63, 3.8) is 0 Å². The molecule has 1 aliphatic heterocycles. The van der Waals surface area contributed by atoms with Crippen molar-refractivity contribution in [2.75, 3.05) is 19.6 Å². The van der Waals surface area contributed by atoms with Crippen LogP contribution in [0.2, 0.25) is 0 Å². The molecule has 0 unspecified atom stereocenters. The van der Waals surface area contributed by atoms with Crippen molar-refractivity contribution in [3.8, 4) is 0 Å². The number of carbonyl (C=O) groups is 2. The lowest BCUT2D eigenvalue weighted by Crippen LogP contribution is -2.40. The first-order valence-electron chi connectivity index (χ1n) is 6.99. The lowest BCUT2D eigenvalue weighted by molar-refractivity contribution is -0.130. The average Bonchev–Trinajstić information content (AvgIpc) is 2.74. The fraction of sp³-hybridized carbons (Fsp3) is 0.467. The van der Waals surface area contributed by atoms with Crippen molar-refractivity contribution in [1.29, 1.82) is 0 Å². The summed E-state index contributed by atoms with van der Waals surface area (Å²) < 4.78 is 0.736. The van der Waals surface area contributed by atoms with E-state index >= 15 is 0 Å². The number of nitrogens with one attached hydrogen (secondary N) is 1. The smallest absolute Gasteiger partial charge is 0.252 e. The summed E-state index contributed by atoms with van der Waals surface area (Å²) >= 11 is 3.33. The number of hydrogen-bond acceptors (Lipinski definition) is 2. The molecule has 2 rings (SSSR count). The van der Waals surface area contributed by atoms with Crippen molar-refractivity contribution in [3.05, 3.63) is 34.3 Å². The Morgan fingerprint density at radius 3 is 2.40 bits per heavy atom. The van der Waals surface area contributed by atoms with E-state index < -0.39 is 0 Å². The molecule has 0 saturated carbocycles. The van der Waals surface area contributed by atoms with Crippen molar-refractivity contribution in [1.82, 2.24) is 10.2 Å². The highest BCUT2D eigenvalue weighted by atomic mass is 79.9. The zero-order valence-corrected chi connectivity index (χ0v) is 13.0. The van der Waals surface area contributed by atoms with Crippen LogP contribution in [0.4, 0.5) is 0 Å². The van der Waals surface area contributed by atoms with Crippen LogP contribution in [0.15, 0.2) is 28.7 Å². The number of amides is 2. The highest BCUT2D eigenvalue weighted by molar-refractivity contribution is 9.10. The average molecular weight is 339 g/mol. The largest absolute Gasteiger partial charge is 0.343 e. The molecule has 0 aromatic heterocycles. The number of likely N-dealkylation sites (tertiary alicyclic amines) is 1. The van der Waals surface area contributed by atoms with Gasteiger partial charge in [0.1, 0.15) is 0 Å². The Morgan fingerprint density at radius 2 is 1.75 bits per heavy atom. The molecule has 1 saturated heterocycles. The molecule has 1 fully saturated rings. The molecular weight excluding hydrogens is 320 g/mol. The third-order valence-corrected chi connectivity index (χ3v) is 4.17. The quantitative estimate of drug-likeness (QED) is 0.920. The Hall–Kier alpha value is -1.36. The van der Waals surface area contributed by atoms with E-state index in [-0.39, 0.29) is 18.4 Å². The lowest BCUT2D eigenvalue weighted by Gasteiger charge is -2.20. The molecule has 1 aliphatic rings. The van der Waals surface area contributed by atoms with E-state index in [9.17, 15) is 9.59 Å². The molecule has 1 heterocycles. The molecular formula is C15H19BrN2O2. The third kappa shape index (κ3) is 4.07. The van der Waals surface area contributed by atoms with Crippen LogP contribution in [-0.4, -0.2) is 36.3 Å². The van der Waals surface area contributed by atoms with E-state index in [4.69, 9.17) is 0 Å². The van der Waals surface area contributed by atoms with E-state index in [1.807, 2.05) is 17.0 Å². The number of rotatable bonds is 3. The zero-order valence-electron chi connectivity index (χ0n) is 11.4. The molecule has 108 valence electrons. The predicted octanol–water partition coefficient (Wildman–Crippen LogP) is 2.58. The molecule has 2 amide bonds. The topological polar surface area (TPSA) is 49.4 Å². The summed E-state index contributed by atoms with van der Waals surface area (Å²) in [7, 11) is 0. The van der Waals surface area contributed by atoms with Gasteiger partial charge in [-0.2, -0.15) is 0 Å². The minimum Gasteiger partial charge on any atom is -0.343 e. The maximum atomic E-state index is 12.1. The predicted molar refractivity (Wildman–Crippen MR) is 81.5 cm³/mol. The van der Waals surface area contributed by atoms with Crippen LogP contribution in [0.1, 0.15) is 36.0 Å². The Kier molecular flexibility index (Phi) is 5.59. The van der Waals surface area contributed by atoms with Gasteiger partial charge in [-0.1, -0.05) is 25.0 Å². The minimum absolute atomic E-state index is 0.00676. The molecule has 20 heavy (non-hydrogen) atoms. The molecule has 0 aliphatic carbocycles. The van der Waals surface area contributed by atoms with E-state index in [1.54, 1.807) is 12.1 Å². The van der Waals surface area contributed by atoms with Gasteiger partial charge in [0.25, 0.3) is 5.91 Å². The van der Waals surface area contributed by atoms with Gasteiger partial charge < -0.3 is 10.2 Å². The number of halogens is 1. The van der Waals surface area contributed by atoms with E-state index in [2.05, 4.69) is 21.2 Å². The van der Waals surface area contributed by atoms with Crippen LogP contribution in [0.25, 0.3) is 0 Å². The Bertz CT molecular complexity index is 483. The maximum Gasteiger partial charge on any atom is 0.252 e. The molecule has 1 N–H and O–H groups in total. The van der Waals surface area contributed by atoms with Gasteiger partial charge in [0.2, 0.25) is 5.91 Å². The SMILES string of the molecule is O=C(NCC(=O)N1CCCCCC1)c1ccccc1Br. The summed E-state index contributed by atoms with van der Waals surface area (Å²) in [6, 6.07) is 7.20. The first-order chi connectivity index (χ1) is 9.68. The van der Waals surface area contributed by atoms with Crippen LogP contribution >= 0.6 is 15.9 Å². The molecule has 1 aromatic rings. The lowest BCUT2D eigenvalue weighted by atomic mass is 10.2. The molecule has 0 atom stereocenters. The fourth-order valence-electron chi connectivity index (χ4n) is 2.33. The molecule has 4 nitrogen and oxygen atoms in total. The van der Waals surface area contributed by atoms with Gasteiger partial charge >= 0.3 is 0 Å². The Labute approximate surface area is 127 Å². The summed E-state index contributed by atoms with van der Waals surface area (Å²) in [6.07, 6.45) is 4.49. The van der Waals surface area contributed by atoms with Crippen molar-refractivity contribution in [2.24, 2.45) is 0 Å². The van der Waals surface area contributed by atoms with Crippen LogP contribution in [0.5, 0.6) is 0 Å². The minimum atomic E-state index is -0.222. The highest BCUT2D eigenvalue weighted by Crippen LogP contribution is 2.15. The second-order valence-electron chi connectivity index (χ2n) is 4.96. The summed E-state index contributed by atoms with van der Waals surface area (Å²) in [4.78, 5) is 25.9. The van der Waals surface area contributed by atoms with E-state index in [0.717, 1.165) is 30.4 Å². The monoisotopic (exact) mass is 338 g/mol. The molecule has 0 spiro atoms.